The molecule has 0 aliphatic carbocycles. The van der Waals surface area contributed by atoms with Crippen LogP contribution in [0, 0.1) is 17.6 Å². The first-order chi connectivity index (χ1) is 14.8. The summed E-state index contributed by atoms with van der Waals surface area (Å²) in [4.78, 5) is 30.0. The van der Waals surface area contributed by atoms with Crippen molar-refractivity contribution < 1.29 is 23.1 Å². The van der Waals surface area contributed by atoms with Crippen molar-refractivity contribution in [3.63, 3.8) is 0 Å². The molecule has 4 rings (SSSR count). The minimum atomic E-state index is -0.726. The van der Waals surface area contributed by atoms with E-state index in [2.05, 4.69) is 11.9 Å². The number of benzene rings is 1. The topological polar surface area (TPSA) is 61.9 Å². The van der Waals surface area contributed by atoms with E-state index in [1.165, 1.54) is 13.2 Å². The molecule has 6 nitrogen and oxygen atoms in total. The van der Waals surface area contributed by atoms with Crippen molar-refractivity contribution in [2.45, 2.75) is 32.9 Å². The van der Waals surface area contributed by atoms with E-state index < -0.39 is 17.5 Å². The molecule has 0 aromatic heterocycles. The molecule has 31 heavy (non-hydrogen) atoms. The molecule has 0 spiro atoms. The maximum atomic E-state index is 14.0. The van der Waals surface area contributed by atoms with Gasteiger partial charge in [0, 0.05) is 42.5 Å². The Bertz CT molecular complexity index is 1050. The summed E-state index contributed by atoms with van der Waals surface area (Å²) in [5.74, 6) is -1.67. The van der Waals surface area contributed by atoms with Crippen molar-refractivity contribution in [1.29, 1.82) is 0 Å². The zero-order valence-electron chi connectivity index (χ0n) is 17.8. The maximum Gasteiger partial charge on any atom is 0.274 e. The number of rotatable bonds is 5. The third-order valence-corrected chi connectivity index (χ3v) is 6.19. The molecule has 2 fully saturated rings. The smallest absolute Gasteiger partial charge is 0.274 e. The molecule has 8 heteroatoms. The van der Waals surface area contributed by atoms with Crippen LogP contribution >= 0.6 is 0 Å². The number of amides is 2. The van der Waals surface area contributed by atoms with E-state index in [1.54, 1.807) is 4.90 Å². The number of allylic oxidation sites excluding steroid dienone is 2. The van der Waals surface area contributed by atoms with Gasteiger partial charge in [0.25, 0.3) is 11.8 Å². The highest BCUT2D eigenvalue weighted by Crippen LogP contribution is 2.48. The highest BCUT2D eigenvalue weighted by Gasteiger charge is 2.50. The quantitative estimate of drug-likeness (QED) is 0.782. The molecule has 1 N–H and O–H groups in total. The number of methoxy groups -OCH3 is 1. The lowest BCUT2D eigenvalue weighted by Gasteiger charge is -2.43. The normalized spacial score (nSPS) is 22.9. The average Bonchev–Trinajstić information content (AvgIpc) is 3.05. The first kappa shape index (κ1) is 21.1. The van der Waals surface area contributed by atoms with Gasteiger partial charge in [0.1, 0.15) is 11.6 Å². The molecular formula is C23H25F2N3O3. The molecule has 2 saturated heterocycles. The van der Waals surface area contributed by atoms with E-state index in [4.69, 9.17) is 4.74 Å². The van der Waals surface area contributed by atoms with Crippen LogP contribution in [0.1, 0.15) is 25.8 Å². The summed E-state index contributed by atoms with van der Waals surface area (Å²) in [6.07, 6.45) is 0.788. The van der Waals surface area contributed by atoms with E-state index >= 15 is 0 Å². The van der Waals surface area contributed by atoms with Gasteiger partial charge >= 0.3 is 0 Å². The maximum absolute atomic E-state index is 14.0. The van der Waals surface area contributed by atoms with E-state index in [0.29, 0.717) is 29.9 Å². The fraction of sp³-hybridized carbons (Fsp3) is 0.391. The molecule has 3 aliphatic rings. The van der Waals surface area contributed by atoms with Crippen molar-refractivity contribution >= 4 is 11.8 Å². The molecule has 1 aromatic rings. The zero-order chi connectivity index (χ0) is 22.4. The first-order valence-electron chi connectivity index (χ1n) is 10.3. The van der Waals surface area contributed by atoms with Crippen LogP contribution in [-0.4, -0.2) is 47.9 Å². The molecule has 2 atom stereocenters. The number of nitrogens with one attached hydrogen (secondary N) is 1. The summed E-state index contributed by atoms with van der Waals surface area (Å²) < 4.78 is 32.7. The van der Waals surface area contributed by atoms with Crippen LogP contribution in [0.15, 0.2) is 53.1 Å². The average molecular weight is 429 g/mol. The SMILES string of the molecule is C=C1C(OC)=C2C(=O)N(CC)CC3CC(C)C(=C1C(=O)NCc1ccc(F)cc1F)N23. The number of likely N-dealkylation sites (N-methyl/N-ethyl adjacent to an activating group) is 1. The zero-order valence-corrected chi connectivity index (χ0v) is 17.8. The summed E-state index contributed by atoms with van der Waals surface area (Å²) in [5.41, 5.74) is 2.02. The second-order valence-corrected chi connectivity index (χ2v) is 8.04. The number of carbonyl (C=O) groups is 2. The Morgan fingerprint density at radius 3 is 2.74 bits per heavy atom. The van der Waals surface area contributed by atoms with Crippen LogP contribution in [0.2, 0.25) is 0 Å². The van der Waals surface area contributed by atoms with Gasteiger partial charge in [-0.05, 0) is 25.3 Å². The Labute approximate surface area is 179 Å². The second-order valence-electron chi connectivity index (χ2n) is 8.04. The van der Waals surface area contributed by atoms with Crippen LogP contribution in [-0.2, 0) is 20.9 Å². The van der Waals surface area contributed by atoms with Crippen molar-refractivity contribution in [2.75, 3.05) is 20.2 Å². The molecule has 3 heterocycles. The third kappa shape index (κ3) is 3.30. The predicted octanol–water partition coefficient (Wildman–Crippen LogP) is 2.84. The summed E-state index contributed by atoms with van der Waals surface area (Å²) in [7, 11) is 1.45. The van der Waals surface area contributed by atoms with E-state index in [1.807, 2.05) is 18.7 Å². The molecule has 0 bridgehead atoms. The molecule has 164 valence electrons. The molecule has 1 aromatic carbocycles. The lowest BCUT2D eigenvalue weighted by molar-refractivity contribution is -0.132. The number of halogens is 2. The fourth-order valence-corrected chi connectivity index (χ4v) is 4.77. The number of ether oxygens (including phenoxy) is 1. The van der Waals surface area contributed by atoms with Crippen LogP contribution < -0.4 is 5.32 Å². The van der Waals surface area contributed by atoms with Gasteiger partial charge in [0.15, 0.2) is 11.5 Å². The van der Waals surface area contributed by atoms with Crippen LogP contribution in [0.3, 0.4) is 0 Å². The molecule has 2 unspecified atom stereocenters. The monoisotopic (exact) mass is 429 g/mol. The minimum Gasteiger partial charge on any atom is -0.494 e. The standard InChI is InChI=1S/C23H25F2N3O3/c1-5-27-11-16-8-12(2)19-18(13(3)21(31-4)20(23(27)30)28(16)19)22(29)26-10-14-6-7-15(24)9-17(14)25/h6-7,9,12,16H,3,5,8,10-11H2,1-2,4H3,(H,26,29). The van der Waals surface area contributed by atoms with Gasteiger partial charge in [-0.15, -0.1) is 0 Å². The number of hydrogen-bond acceptors (Lipinski definition) is 4. The Kier molecular flexibility index (Phi) is 5.33. The van der Waals surface area contributed by atoms with Gasteiger partial charge < -0.3 is 19.9 Å². The number of hydrogen-bond donors (Lipinski definition) is 1. The van der Waals surface area contributed by atoms with Gasteiger partial charge in [-0.25, -0.2) is 8.78 Å². The van der Waals surface area contributed by atoms with Crippen molar-refractivity contribution in [1.82, 2.24) is 15.1 Å². The van der Waals surface area contributed by atoms with E-state index in [9.17, 15) is 18.4 Å². The molecular weight excluding hydrogens is 404 g/mol. The van der Waals surface area contributed by atoms with Gasteiger partial charge in [-0.2, -0.15) is 0 Å². The minimum absolute atomic E-state index is 0.0306. The summed E-state index contributed by atoms with van der Waals surface area (Å²) in [5, 5.41) is 2.71. The van der Waals surface area contributed by atoms with Gasteiger partial charge in [-0.3, -0.25) is 9.59 Å². The number of carbonyl (C=O) groups excluding carboxylic acids is 2. The Morgan fingerprint density at radius 2 is 2.10 bits per heavy atom. The Hall–Kier alpha value is -3.16. The Balaban J connectivity index is 1.70. The molecule has 0 radical (unpaired) electrons. The van der Waals surface area contributed by atoms with Crippen molar-refractivity contribution in [3.8, 4) is 0 Å². The van der Waals surface area contributed by atoms with Crippen LogP contribution in [0.25, 0.3) is 0 Å². The largest absolute Gasteiger partial charge is 0.494 e. The van der Waals surface area contributed by atoms with Crippen molar-refractivity contribution in [2.24, 2.45) is 5.92 Å². The van der Waals surface area contributed by atoms with Gasteiger partial charge in [0.2, 0.25) is 0 Å². The van der Waals surface area contributed by atoms with Crippen LogP contribution in [0.5, 0.6) is 0 Å². The molecule has 2 amide bonds. The molecule has 3 aliphatic heterocycles. The summed E-state index contributed by atoms with van der Waals surface area (Å²) in [6, 6.07) is 3.28. The summed E-state index contributed by atoms with van der Waals surface area (Å²) in [6.45, 7) is 9.06. The highest BCUT2D eigenvalue weighted by atomic mass is 19.1. The lowest BCUT2D eigenvalue weighted by Crippen LogP contribution is -2.53. The first-order valence-corrected chi connectivity index (χ1v) is 10.3. The van der Waals surface area contributed by atoms with Crippen molar-refractivity contribution in [3.05, 3.63) is 70.3 Å². The van der Waals surface area contributed by atoms with E-state index in [0.717, 1.165) is 24.3 Å². The predicted molar refractivity (Wildman–Crippen MR) is 110 cm³/mol. The van der Waals surface area contributed by atoms with Gasteiger partial charge in [-0.1, -0.05) is 19.6 Å². The fourth-order valence-electron chi connectivity index (χ4n) is 4.77. The summed E-state index contributed by atoms with van der Waals surface area (Å²) >= 11 is 0. The van der Waals surface area contributed by atoms with Gasteiger partial charge in [0.05, 0.1) is 18.7 Å². The molecule has 0 saturated carbocycles. The number of nitrogens with zero attached hydrogens (tertiary/aromatic N) is 2. The lowest BCUT2D eigenvalue weighted by atomic mass is 9.92. The Morgan fingerprint density at radius 1 is 1.35 bits per heavy atom. The second kappa shape index (κ2) is 7.83. The third-order valence-electron chi connectivity index (χ3n) is 6.19. The van der Waals surface area contributed by atoms with Crippen LogP contribution in [0.4, 0.5) is 8.78 Å². The number of piperazine rings is 1. The van der Waals surface area contributed by atoms with E-state index in [-0.39, 0.29) is 35.7 Å². The highest BCUT2D eigenvalue weighted by molar-refractivity contribution is 6.04.